The van der Waals surface area contributed by atoms with E-state index in [0.29, 0.717) is 6.54 Å². The van der Waals surface area contributed by atoms with Crippen LogP contribution in [0.4, 0.5) is 5.69 Å². The molecule has 1 aromatic rings. The standard InChI is InChI=1S/C17H28N2O/c1-15(2)10-6-3-4-9-13-18-14-17(20)19-16-11-7-5-8-12-16/h5,7-8,11-12,15,18H,3-4,6,9-10,13-14H2,1-2H3,(H,19,20). The van der Waals surface area contributed by atoms with Gasteiger partial charge in [-0.15, -0.1) is 0 Å². The smallest absolute Gasteiger partial charge is 0.238 e. The van der Waals surface area contributed by atoms with Crippen LogP contribution in [0.25, 0.3) is 0 Å². The minimum Gasteiger partial charge on any atom is -0.325 e. The van der Waals surface area contributed by atoms with E-state index in [0.717, 1.165) is 24.6 Å². The molecule has 3 heteroatoms. The normalized spacial score (nSPS) is 10.8. The molecule has 1 aromatic carbocycles. The Morgan fingerprint density at radius 1 is 1.05 bits per heavy atom. The lowest BCUT2D eigenvalue weighted by molar-refractivity contribution is -0.115. The molecule has 0 aliphatic rings. The number of para-hydroxylation sites is 1. The van der Waals surface area contributed by atoms with Gasteiger partial charge in [-0.3, -0.25) is 4.79 Å². The zero-order valence-electron chi connectivity index (χ0n) is 12.8. The molecule has 1 amide bonds. The summed E-state index contributed by atoms with van der Waals surface area (Å²) in [4.78, 5) is 11.6. The maximum Gasteiger partial charge on any atom is 0.238 e. The Morgan fingerprint density at radius 2 is 1.75 bits per heavy atom. The maximum atomic E-state index is 11.6. The molecular formula is C17H28N2O. The van der Waals surface area contributed by atoms with E-state index in [9.17, 15) is 4.79 Å². The number of hydrogen-bond acceptors (Lipinski definition) is 2. The van der Waals surface area contributed by atoms with Crippen LogP contribution in [-0.4, -0.2) is 19.0 Å². The van der Waals surface area contributed by atoms with Crippen molar-refractivity contribution in [1.82, 2.24) is 5.32 Å². The number of nitrogens with one attached hydrogen (secondary N) is 2. The lowest BCUT2D eigenvalue weighted by Crippen LogP contribution is -2.28. The van der Waals surface area contributed by atoms with Gasteiger partial charge in [0.05, 0.1) is 6.54 Å². The first-order chi connectivity index (χ1) is 9.68. The lowest BCUT2D eigenvalue weighted by Gasteiger charge is -2.07. The minimum absolute atomic E-state index is 0.0241. The number of amides is 1. The number of unbranched alkanes of at least 4 members (excludes halogenated alkanes) is 3. The van der Waals surface area contributed by atoms with E-state index >= 15 is 0 Å². The number of benzene rings is 1. The molecule has 0 fully saturated rings. The van der Waals surface area contributed by atoms with Gasteiger partial charge in [0.25, 0.3) is 0 Å². The van der Waals surface area contributed by atoms with Crippen LogP contribution in [0, 0.1) is 5.92 Å². The van der Waals surface area contributed by atoms with Crippen LogP contribution in [0.15, 0.2) is 30.3 Å². The van der Waals surface area contributed by atoms with Crippen LogP contribution in [0.5, 0.6) is 0 Å². The van der Waals surface area contributed by atoms with Crippen molar-refractivity contribution in [3.63, 3.8) is 0 Å². The number of carbonyl (C=O) groups is 1. The Labute approximate surface area is 123 Å². The summed E-state index contributed by atoms with van der Waals surface area (Å²) in [7, 11) is 0. The van der Waals surface area contributed by atoms with Crippen molar-refractivity contribution in [3.8, 4) is 0 Å². The molecule has 0 bridgehead atoms. The zero-order chi connectivity index (χ0) is 14.6. The third-order valence-corrected chi connectivity index (χ3v) is 3.23. The minimum atomic E-state index is 0.0241. The van der Waals surface area contributed by atoms with E-state index in [1.165, 1.54) is 25.7 Å². The van der Waals surface area contributed by atoms with Crippen LogP contribution >= 0.6 is 0 Å². The van der Waals surface area contributed by atoms with Crippen molar-refractivity contribution in [2.45, 2.75) is 46.0 Å². The summed E-state index contributed by atoms with van der Waals surface area (Å²) in [6.45, 7) is 5.85. The molecule has 0 saturated carbocycles. The Hall–Kier alpha value is -1.35. The fourth-order valence-corrected chi connectivity index (χ4v) is 2.08. The lowest BCUT2D eigenvalue weighted by atomic mass is 10.0. The number of rotatable bonds is 10. The van der Waals surface area contributed by atoms with E-state index in [-0.39, 0.29) is 5.91 Å². The molecule has 0 saturated heterocycles. The molecule has 0 unspecified atom stereocenters. The summed E-state index contributed by atoms with van der Waals surface area (Å²) >= 11 is 0. The largest absolute Gasteiger partial charge is 0.325 e. The van der Waals surface area contributed by atoms with E-state index in [1.807, 2.05) is 30.3 Å². The summed E-state index contributed by atoms with van der Waals surface area (Å²) in [5.74, 6) is 0.839. The highest BCUT2D eigenvalue weighted by Gasteiger charge is 2.00. The molecule has 3 nitrogen and oxygen atoms in total. The van der Waals surface area contributed by atoms with Gasteiger partial charge in [0.1, 0.15) is 0 Å². The Morgan fingerprint density at radius 3 is 2.45 bits per heavy atom. The Kier molecular flexibility index (Phi) is 8.72. The van der Waals surface area contributed by atoms with Gasteiger partial charge in [-0.1, -0.05) is 57.7 Å². The number of anilines is 1. The molecular weight excluding hydrogens is 248 g/mol. The third-order valence-electron chi connectivity index (χ3n) is 3.23. The highest BCUT2D eigenvalue weighted by molar-refractivity contribution is 5.92. The van der Waals surface area contributed by atoms with E-state index in [2.05, 4.69) is 24.5 Å². The molecule has 0 radical (unpaired) electrons. The van der Waals surface area contributed by atoms with Gasteiger partial charge in [-0.2, -0.15) is 0 Å². The molecule has 20 heavy (non-hydrogen) atoms. The Bertz CT molecular complexity index is 363. The highest BCUT2D eigenvalue weighted by atomic mass is 16.1. The maximum absolute atomic E-state index is 11.6. The summed E-state index contributed by atoms with van der Waals surface area (Å²) < 4.78 is 0. The van der Waals surface area contributed by atoms with Crippen LogP contribution < -0.4 is 10.6 Å². The molecule has 0 aliphatic heterocycles. The molecule has 1 rings (SSSR count). The van der Waals surface area contributed by atoms with Gasteiger partial charge in [-0.05, 0) is 31.0 Å². The third kappa shape index (κ3) is 8.70. The molecule has 0 aromatic heterocycles. The van der Waals surface area contributed by atoms with E-state index in [1.54, 1.807) is 0 Å². The summed E-state index contributed by atoms with van der Waals surface area (Å²) in [6, 6.07) is 9.56. The second kappa shape index (κ2) is 10.4. The second-order valence-corrected chi connectivity index (χ2v) is 5.69. The number of hydrogen-bond donors (Lipinski definition) is 2. The Balaban J connectivity index is 1.95. The molecule has 0 atom stereocenters. The second-order valence-electron chi connectivity index (χ2n) is 5.69. The molecule has 0 aliphatic carbocycles. The van der Waals surface area contributed by atoms with Gasteiger partial charge in [-0.25, -0.2) is 0 Å². The fraction of sp³-hybridized carbons (Fsp3) is 0.588. The van der Waals surface area contributed by atoms with Crippen molar-refractivity contribution < 1.29 is 4.79 Å². The predicted octanol–water partition coefficient (Wildman–Crippen LogP) is 3.82. The SMILES string of the molecule is CC(C)CCCCCCNCC(=O)Nc1ccccc1. The average molecular weight is 276 g/mol. The molecule has 0 heterocycles. The van der Waals surface area contributed by atoms with E-state index in [4.69, 9.17) is 0 Å². The van der Waals surface area contributed by atoms with Gasteiger partial charge < -0.3 is 10.6 Å². The van der Waals surface area contributed by atoms with Gasteiger partial charge >= 0.3 is 0 Å². The van der Waals surface area contributed by atoms with Gasteiger partial charge in [0.2, 0.25) is 5.91 Å². The zero-order valence-corrected chi connectivity index (χ0v) is 12.8. The van der Waals surface area contributed by atoms with Gasteiger partial charge in [0.15, 0.2) is 0 Å². The first kappa shape index (κ1) is 16.7. The first-order valence-corrected chi connectivity index (χ1v) is 7.74. The fourth-order valence-electron chi connectivity index (χ4n) is 2.08. The van der Waals surface area contributed by atoms with Crippen molar-refractivity contribution >= 4 is 11.6 Å². The quantitative estimate of drug-likeness (QED) is 0.638. The van der Waals surface area contributed by atoms with Crippen molar-refractivity contribution in [2.75, 3.05) is 18.4 Å². The molecule has 112 valence electrons. The summed E-state index contributed by atoms with van der Waals surface area (Å²) in [6.07, 6.45) is 6.35. The monoisotopic (exact) mass is 276 g/mol. The molecule has 0 spiro atoms. The summed E-state index contributed by atoms with van der Waals surface area (Å²) in [5, 5.41) is 6.06. The van der Waals surface area contributed by atoms with Gasteiger partial charge in [0, 0.05) is 5.69 Å². The van der Waals surface area contributed by atoms with Crippen LogP contribution in [-0.2, 0) is 4.79 Å². The van der Waals surface area contributed by atoms with E-state index < -0.39 is 0 Å². The van der Waals surface area contributed by atoms with Crippen molar-refractivity contribution in [2.24, 2.45) is 5.92 Å². The molecule has 2 N–H and O–H groups in total. The number of carbonyl (C=O) groups excluding carboxylic acids is 1. The summed E-state index contributed by atoms with van der Waals surface area (Å²) in [5.41, 5.74) is 0.855. The van der Waals surface area contributed by atoms with Crippen molar-refractivity contribution in [1.29, 1.82) is 0 Å². The van der Waals surface area contributed by atoms with Crippen molar-refractivity contribution in [3.05, 3.63) is 30.3 Å². The first-order valence-electron chi connectivity index (χ1n) is 7.74. The topological polar surface area (TPSA) is 41.1 Å². The highest BCUT2D eigenvalue weighted by Crippen LogP contribution is 2.09. The van der Waals surface area contributed by atoms with Crippen LogP contribution in [0.1, 0.15) is 46.0 Å². The van der Waals surface area contributed by atoms with Crippen LogP contribution in [0.3, 0.4) is 0 Å². The predicted molar refractivity (Wildman–Crippen MR) is 85.9 cm³/mol. The van der Waals surface area contributed by atoms with Crippen LogP contribution in [0.2, 0.25) is 0 Å². The average Bonchev–Trinajstić information content (AvgIpc) is 2.42.